The van der Waals surface area contributed by atoms with E-state index in [1.165, 1.54) is 6.07 Å². The van der Waals surface area contributed by atoms with Crippen LogP contribution in [0, 0.1) is 11.7 Å². The summed E-state index contributed by atoms with van der Waals surface area (Å²) < 4.78 is 14.0. The van der Waals surface area contributed by atoms with Crippen LogP contribution < -0.4 is 5.73 Å². The van der Waals surface area contributed by atoms with Crippen molar-refractivity contribution in [3.8, 4) is 0 Å². The number of rotatable bonds is 3. The summed E-state index contributed by atoms with van der Waals surface area (Å²) in [5, 5.41) is 0. The van der Waals surface area contributed by atoms with Crippen LogP contribution in [0.1, 0.15) is 38.7 Å². The molecule has 0 bridgehead atoms. The van der Waals surface area contributed by atoms with Gasteiger partial charge in [0.15, 0.2) is 0 Å². The molecule has 0 radical (unpaired) electrons. The monoisotopic (exact) mass is 278 g/mol. The van der Waals surface area contributed by atoms with Gasteiger partial charge in [0.05, 0.1) is 6.04 Å². The second kappa shape index (κ2) is 5.92. The summed E-state index contributed by atoms with van der Waals surface area (Å²) in [4.78, 5) is 14.1. The van der Waals surface area contributed by atoms with E-state index in [9.17, 15) is 9.18 Å². The first-order valence-corrected chi connectivity index (χ1v) is 7.22. The Morgan fingerprint density at radius 2 is 2.05 bits per heavy atom. The minimum absolute atomic E-state index is 0.0150. The first kappa shape index (κ1) is 15.0. The zero-order valence-corrected chi connectivity index (χ0v) is 12.3. The van der Waals surface area contributed by atoms with Crippen molar-refractivity contribution in [3.63, 3.8) is 0 Å². The Kier molecular flexibility index (Phi) is 4.43. The lowest BCUT2D eigenvalue weighted by Gasteiger charge is -2.43. The third-order valence-electron chi connectivity index (χ3n) is 4.05. The number of benzene rings is 1. The largest absolute Gasteiger partial charge is 0.338 e. The normalized spacial score (nSPS) is 27.2. The Morgan fingerprint density at radius 1 is 1.40 bits per heavy atom. The summed E-state index contributed by atoms with van der Waals surface area (Å²) >= 11 is 0. The van der Waals surface area contributed by atoms with E-state index in [1.807, 2.05) is 17.9 Å². The van der Waals surface area contributed by atoms with E-state index in [0.717, 1.165) is 0 Å². The Bertz CT molecular complexity index is 489. The Labute approximate surface area is 120 Å². The summed E-state index contributed by atoms with van der Waals surface area (Å²) in [7, 11) is 0. The molecular formula is C16H23FN2O. The lowest BCUT2D eigenvalue weighted by atomic mass is 9.81. The Balaban J connectivity index is 2.31. The summed E-state index contributed by atoms with van der Waals surface area (Å²) in [5.41, 5.74) is 6.63. The first-order valence-electron chi connectivity index (χ1n) is 7.22. The van der Waals surface area contributed by atoms with Crippen LogP contribution in [-0.4, -0.2) is 29.4 Å². The number of nitrogens with zero attached hydrogens (tertiary/aromatic N) is 1. The number of amides is 1. The molecule has 110 valence electrons. The topological polar surface area (TPSA) is 46.3 Å². The molecule has 1 aromatic carbocycles. The van der Waals surface area contributed by atoms with Crippen LogP contribution in [0.2, 0.25) is 0 Å². The van der Waals surface area contributed by atoms with E-state index in [1.54, 1.807) is 12.1 Å². The molecule has 1 aliphatic rings. The third-order valence-corrected chi connectivity index (χ3v) is 4.05. The summed E-state index contributed by atoms with van der Waals surface area (Å²) in [6.45, 7) is 6.79. The molecule has 0 unspecified atom stereocenters. The highest BCUT2D eigenvalue weighted by Gasteiger charge is 2.39. The maximum Gasteiger partial charge on any atom is 0.239 e. The Hall–Kier alpha value is -1.42. The molecule has 1 aromatic rings. The van der Waals surface area contributed by atoms with E-state index in [-0.39, 0.29) is 23.7 Å². The standard InChI is InChI=1S/C16H23FN2O/c1-10(2)9-19-11(3)13(8-15(18)16(19)20)12-6-4-5-7-14(12)17/h4-7,10-11,13,15H,8-9,18H2,1-3H3/t11-,13-,15+/m1/s1. The lowest BCUT2D eigenvalue weighted by molar-refractivity contribution is -0.139. The second-order valence-electron chi connectivity index (χ2n) is 6.10. The van der Waals surface area contributed by atoms with Crippen LogP contribution in [0.15, 0.2) is 24.3 Å². The zero-order chi connectivity index (χ0) is 14.9. The van der Waals surface area contributed by atoms with Gasteiger partial charge >= 0.3 is 0 Å². The fourth-order valence-corrected chi connectivity index (χ4v) is 3.01. The van der Waals surface area contributed by atoms with Gasteiger partial charge in [-0.2, -0.15) is 0 Å². The van der Waals surface area contributed by atoms with Crippen molar-refractivity contribution in [2.45, 2.75) is 45.2 Å². The van der Waals surface area contributed by atoms with Crippen LogP contribution in [0.5, 0.6) is 0 Å². The van der Waals surface area contributed by atoms with Gasteiger partial charge in [-0.25, -0.2) is 4.39 Å². The molecule has 0 aliphatic carbocycles. The average Bonchev–Trinajstić information content (AvgIpc) is 2.40. The van der Waals surface area contributed by atoms with Gasteiger partial charge in [0, 0.05) is 18.5 Å². The highest BCUT2D eigenvalue weighted by atomic mass is 19.1. The number of hydrogen-bond acceptors (Lipinski definition) is 2. The van der Waals surface area contributed by atoms with Crippen LogP contribution in [0.3, 0.4) is 0 Å². The molecule has 1 aliphatic heterocycles. The van der Waals surface area contributed by atoms with Crippen molar-refractivity contribution in [3.05, 3.63) is 35.6 Å². The molecule has 1 amide bonds. The molecule has 4 heteroatoms. The van der Waals surface area contributed by atoms with E-state index in [0.29, 0.717) is 24.4 Å². The number of carbonyl (C=O) groups is 1. The third kappa shape index (κ3) is 2.85. The molecule has 1 saturated heterocycles. The van der Waals surface area contributed by atoms with Gasteiger partial charge in [0.1, 0.15) is 5.82 Å². The predicted octanol–water partition coefficient (Wildman–Crippen LogP) is 2.51. The van der Waals surface area contributed by atoms with E-state index in [2.05, 4.69) is 13.8 Å². The number of nitrogens with two attached hydrogens (primary N) is 1. The maximum absolute atomic E-state index is 14.0. The molecule has 1 heterocycles. The van der Waals surface area contributed by atoms with Crippen LogP contribution in [0.4, 0.5) is 4.39 Å². The molecule has 2 N–H and O–H groups in total. The quantitative estimate of drug-likeness (QED) is 0.923. The minimum Gasteiger partial charge on any atom is -0.338 e. The molecule has 0 spiro atoms. The smallest absolute Gasteiger partial charge is 0.239 e. The van der Waals surface area contributed by atoms with Crippen LogP contribution >= 0.6 is 0 Å². The zero-order valence-electron chi connectivity index (χ0n) is 12.3. The van der Waals surface area contributed by atoms with E-state index < -0.39 is 6.04 Å². The molecule has 0 saturated carbocycles. The lowest BCUT2D eigenvalue weighted by Crippen LogP contribution is -2.56. The fraction of sp³-hybridized carbons (Fsp3) is 0.562. The van der Waals surface area contributed by atoms with E-state index >= 15 is 0 Å². The SMILES string of the molecule is CC(C)CN1C(=O)[C@@H](N)C[C@@H](c2ccccc2F)[C@H]1C. The second-order valence-corrected chi connectivity index (χ2v) is 6.10. The van der Waals surface area contributed by atoms with Crippen molar-refractivity contribution < 1.29 is 9.18 Å². The predicted molar refractivity (Wildman–Crippen MR) is 77.7 cm³/mol. The van der Waals surface area contributed by atoms with Gasteiger partial charge in [-0.15, -0.1) is 0 Å². The Morgan fingerprint density at radius 3 is 2.65 bits per heavy atom. The molecule has 3 atom stereocenters. The molecule has 20 heavy (non-hydrogen) atoms. The average molecular weight is 278 g/mol. The number of hydrogen-bond donors (Lipinski definition) is 1. The van der Waals surface area contributed by atoms with Crippen LogP contribution in [-0.2, 0) is 4.79 Å². The molecular weight excluding hydrogens is 255 g/mol. The van der Waals surface area contributed by atoms with Crippen LogP contribution in [0.25, 0.3) is 0 Å². The van der Waals surface area contributed by atoms with Gasteiger partial charge < -0.3 is 10.6 Å². The molecule has 3 nitrogen and oxygen atoms in total. The molecule has 0 aromatic heterocycles. The van der Waals surface area contributed by atoms with Gasteiger partial charge in [0.25, 0.3) is 0 Å². The summed E-state index contributed by atoms with van der Waals surface area (Å²) in [6.07, 6.45) is 0.509. The van der Waals surface area contributed by atoms with Gasteiger partial charge in [-0.1, -0.05) is 32.0 Å². The number of piperidine rings is 1. The van der Waals surface area contributed by atoms with Gasteiger partial charge in [-0.05, 0) is 30.9 Å². The highest BCUT2D eigenvalue weighted by Crippen LogP contribution is 2.34. The van der Waals surface area contributed by atoms with Crippen molar-refractivity contribution in [2.24, 2.45) is 11.7 Å². The highest BCUT2D eigenvalue weighted by molar-refractivity contribution is 5.83. The number of carbonyl (C=O) groups excluding carboxylic acids is 1. The first-order chi connectivity index (χ1) is 9.41. The number of halogens is 1. The molecule has 1 fully saturated rings. The van der Waals surface area contributed by atoms with Crippen molar-refractivity contribution >= 4 is 5.91 Å². The maximum atomic E-state index is 14.0. The fourth-order valence-electron chi connectivity index (χ4n) is 3.01. The van der Waals surface area contributed by atoms with E-state index in [4.69, 9.17) is 5.73 Å². The van der Waals surface area contributed by atoms with Crippen molar-refractivity contribution in [2.75, 3.05) is 6.54 Å². The molecule has 2 rings (SSSR count). The van der Waals surface area contributed by atoms with Gasteiger partial charge in [0.2, 0.25) is 5.91 Å². The van der Waals surface area contributed by atoms with Crippen molar-refractivity contribution in [1.82, 2.24) is 4.90 Å². The van der Waals surface area contributed by atoms with Crippen molar-refractivity contribution in [1.29, 1.82) is 0 Å². The van der Waals surface area contributed by atoms with Gasteiger partial charge in [-0.3, -0.25) is 4.79 Å². The summed E-state index contributed by atoms with van der Waals surface area (Å²) in [6, 6.07) is 6.23. The minimum atomic E-state index is -0.533. The number of likely N-dealkylation sites (tertiary alicyclic amines) is 1. The summed E-state index contributed by atoms with van der Waals surface area (Å²) in [5.74, 6) is 0.102.